The third kappa shape index (κ3) is 3.10. The second-order valence-corrected chi connectivity index (χ2v) is 4.95. The molecule has 18 heavy (non-hydrogen) atoms. The van der Waals surface area contributed by atoms with Crippen LogP contribution in [0, 0.1) is 0 Å². The molecule has 100 valence electrons. The molecule has 0 aliphatic carbocycles. The first-order valence-corrected chi connectivity index (χ1v) is 6.69. The van der Waals surface area contributed by atoms with Crippen molar-refractivity contribution >= 4 is 11.8 Å². The van der Waals surface area contributed by atoms with E-state index in [2.05, 4.69) is 27.1 Å². The van der Waals surface area contributed by atoms with E-state index in [1.165, 1.54) is 12.8 Å². The normalized spacial score (nSPS) is 19.9. The Morgan fingerprint density at radius 2 is 2.33 bits per heavy atom. The Morgan fingerprint density at radius 1 is 1.50 bits per heavy atom. The van der Waals surface area contributed by atoms with Crippen LogP contribution >= 0.6 is 0 Å². The third-order valence-electron chi connectivity index (χ3n) is 3.27. The van der Waals surface area contributed by atoms with Gasteiger partial charge in [-0.25, -0.2) is 4.98 Å². The summed E-state index contributed by atoms with van der Waals surface area (Å²) < 4.78 is 0. The Balaban J connectivity index is 2.08. The van der Waals surface area contributed by atoms with Crippen molar-refractivity contribution in [1.29, 1.82) is 0 Å². The standard InChI is InChI=1S/C13H23N5/c1-4-14-11-6-5-9-18(10-11)12-7-8-15-13(16-12)17(2)3/h7-8,11,14H,4-6,9-10H2,1-3H3. The van der Waals surface area contributed by atoms with Gasteiger partial charge in [-0.3, -0.25) is 0 Å². The largest absolute Gasteiger partial charge is 0.355 e. The van der Waals surface area contributed by atoms with Crippen LogP contribution in [0.4, 0.5) is 11.8 Å². The van der Waals surface area contributed by atoms with E-state index in [1.54, 1.807) is 0 Å². The lowest BCUT2D eigenvalue weighted by Gasteiger charge is -2.34. The van der Waals surface area contributed by atoms with E-state index < -0.39 is 0 Å². The van der Waals surface area contributed by atoms with Gasteiger partial charge in [0.05, 0.1) is 0 Å². The molecule has 0 radical (unpaired) electrons. The number of hydrogen-bond acceptors (Lipinski definition) is 5. The van der Waals surface area contributed by atoms with E-state index >= 15 is 0 Å². The molecule has 1 aliphatic heterocycles. The Bertz CT molecular complexity index is 377. The van der Waals surface area contributed by atoms with Crippen molar-refractivity contribution in [2.75, 3.05) is 43.5 Å². The molecule has 1 aromatic heterocycles. The fourth-order valence-corrected chi connectivity index (χ4v) is 2.37. The number of hydrogen-bond donors (Lipinski definition) is 1. The van der Waals surface area contributed by atoms with Crippen LogP contribution in [0.15, 0.2) is 12.3 Å². The Labute approximate surface area is 109 Å². The molecular formula is C13H23N5. The Kier molecular flexibility index (Phi) is 4.36. The van der Waals surface area contributed by atoms with Crippen molar-refractivity contribution in [2.45, 2.75) is 25.8 Å². The summed E-state index contributed by atoms with van der Waals surface area (Å²) in [5.74, 6) is 1.81. The molecule has 5 nitrogen and oxygen atoms in total. The van der Waals surface area contributed by atoms with Gasteiger partial charge in [-0.15, -0.1) is 0 Å². The van der Waals surface area contributed by atoms with Crippen LogP contribution in [0.25, 0.3) is 0 Å². The molecule has 0 amide bonds. The number of anilines is 2. The molecule has 0 bridgehead atoms. The zero-order valence-electron chi connectivity index (χ0n) is 11.6. The van der Waals surface area contributed by atoms with Crippen molar-refractivity contribution < 1.29 is 0 Å². The SMILES string of the molecule is CCNC1CCCN(c2ccnc(N(C)C)n2)C1. The predicted octanol–water partition coefficient (Wildman–Crippen LogP) is 1.12. The van der Waals surface area contributed by atoms with Gasteiger partial charge in [0.2, 0.25) is 5.95 Å². The monoisotopic (exact) mass is 249 g/mol. The molecule has 1 aliphatic rings. The highest BCUT2D eigenvalue weighted by Crippen LogP contribution is 2.19. The highest BCUT2D eigenvalue weighted by molar-refractivity contribution is 5.43. The van der Waals surface area contributed by atoms with Gasteiger partial charge in [0.25, 0.3) is 0 Å². The van der Waals surface area contributed by atoms with Crippen molar-refractivity contribution in [3.8, 4) is 0 Å². The summed E-state index contributed by atoms with van der Waals surface area (Å²) in [6.45, 7) is 5.32. The van der Waals surface area contributed by atoms with Gasteiger partial charge in [0.1, 0.15) is 5.82 Å². The summed E-state index contributed by atoms with van der Waals surface area (Å²) in [5, 5.41) is 3.53. The first kappa shape index (κ1) is 13.1. The molecule has 1 saturated heterocycles. The second-order valence-electron chi connectivity index (χ2n) is 4.95. The number of aromatic nitrogens is 2. The number of nitrogens with zero attached hydrogens (tertiary/aromatic N) is 4. The minimum absolute atomic E-state index is 0.585. The molecule has 1 unspecified atom stereocenters. The minimum Gasteiger partial charge on any atom is -0.355 e. The van der Waals surface area contributed by atoms with E-state index in [-0.39, 0.29) is 0 Å². The average Bonchev–Trinajstić information content (AvgIpc) is 2.39. The van der Waals surface area contributed by atoms with Crippen molar-refractivity contribution in [3.63, 3.8) is 0 Å². The Hall–Kier alpha value is -1.36. The zero-order valence-corrected chi connectivity index (χ0v) is 11.6. The number of likely N-dealkylation sites (N-methyl/N-ethyl adjacent to an activating group) is 1. The molecule has 1 N–H and O–H groups in total. The van der Waals surface area contributed by atoms with Gasteiger partial charge in [-0.2, -0.15) is 4.98 Å². The number of nitrogens with one attached hydrogen (secondary N) is 1. The number of rotatable bonds is 4. The van der Waals surface area contributed by atoms with E-state index in [9.17, 15) is 0 Å². The van der Waals surface area contributed by atoms with Crippen LogP contribution in [0.1, 0.15) is 19.8 Å². The fraction of sp³-hybridized carbons (Fsp3) is 0.692. The first-order valence-electron chi connectivity index (χ1n) is 6.69. The van der Waals surface area contributed by atoms with Crippen molar-refractivity contribution in [3.05, 3.63) is 12.3 Å². The summed E-state index contributed by atoms with van der Waals surface area (Å²) in [7, 11) is 3.94. The molecule has 1 fully saturated rings. The minimum atomic E-state index is 0.585. The lowest BCUT2D eigenvalue weighted by Crippen LogP contribution is -2.46. The highest BCUT2D eigenvalue weighted by Gasteiger charge is 2.20. The first-order chi connectivity index (χ1) is 8.70. The van der Waals surface area contributed by atoms with Crippen LogP contribution in [-0.2, 0) is 0 Å². The van der Waals surface area contributed by atoms with Gasteiger partial charge >= 0.3 is 0 Å². The molecule has 0 saturated carbocycles. The molecule has 1 atom stereocenters. The molecule has 0 spiro atoms. The van der Waals surface area contributed by atoms with E-state index in [4.69, 9.17) is 0 Å². The Morgan fingerprint density at radius 3 is 3.06 bits per heavy atom. The maximum absolute atomic E-state index is 4.60. The van der Waals surface area contributed by atoms with Crippen LogP contribution < -0.4 is 15.1 Å². The van der Waals surface area contributed by atoms with Crippen LogP contribution in [0.2, 0.25) is 0 Å². The molecule has 1 aromatic rings. The lowest BCUT2D eigenvalue weighted by atomic mass is 10.1. The van der Waals surface area contributed by atoms with E-state index in [1.807, 2.05) is 31.3 Å². The maximum atomic E-state index is 4.60. The predicted molar refractivity (Wildman–Crippen MR) is 75.3 cm³/mol. The highest BCUT2D eigenvalue weighted by atomic mass is 15.3. The maximum Gasteiger partial charge on any atom is 0.226 e. The number of piperidine rings is 1. The molecule has 0 aromatic carbocycles. The van der Waals surface area contributed by atoms with E-state index in [0.717, 1.165) is 31.4 Å². The zero-order chi connectivity index (χ0) is 13.0. The van der Waals surface area contributed by atoms with Gasteiger partial charge in [0.15, 0.2) is 0 Å². The lowest BCUT2D eigenvalue weighted by molar-refractivity contribution is 0.429. The van der Waals surface area contributed by atoms with Crippen LogP contribution in [0.5, 0.6) is 0 Å². The van der Waals surface area contributed by atoms with Crippen LogP contribution in [0.3, 0.4) is 0 Å². The summed E-state index contributed by atoms with van der Waals surface area (Å²) in [6.07, 6.45) is 4.32. The topological polar surface area (TPSA) is 44.3 Å². The second kappa shape index (κ2) is 6.00. The smallest absolute Gasteiger partial charge is 0.226 e. The summed E-state index contributed by atoms with van der Waals surface area (Å²) in [5.41, 5.74) is 0. The quantitative estimate of drug-likeness (QED) is 0.866. The molecule has 2 heterocycles. The van der Waals surface area contributed by atoms with Gasteiger partial charge < -0.3 is 15.1 Å². The molecular weight excluding hydrogens is 226 g/mol. The average molecular weight is 249 g/mol. The fourth-order valence-electron chi connectivity index (χ4n) is 2.37. The van der Waals surface area contributed by atoms with Crippen LogP contribution in [-0.4, -0.2) is 49.7 Å². The van der Waals surface area contributed by atoms with Crippen molar-refractivity contribution in [2.24, 2.45) is 0 Å². The van der Waals surface area contributed by atoms with Crippen molar-refractivity contribution in [1.82, 2.24) is 15.3 Å². The van der Waals surface area contributed by atoms with Gasteiger partial charge in [0, 0.05) is 39.4 Å². The van der Waals surface area contributed by atoms with E-state index in [0.29, 0.717) is 6.04 Å². The summed E-state index contributed by atoms with van der Waals surface area (Å²) in [6, 6.07) is 2.59. The van der Waals surface area contributed by atoms with Gasteiger partial charge in [-0.1, -0.05) is 6.92 Å². The summed E-state index contributed by atoms with van der Waals surface area (Å²) >= 11 is 0. The third-order valence-corrected chi connectivity index (χ3v) is 3.27. The molecule has 2 rings (SSSR count). The molecule has 5 heteroatoms. The summed E-state index contributed by atoms with van der Waals surface area (Å²) in [4.78, 5) is 13.2. The van der Waals surface area contributed by atoms with Gasteiger partial charge in [-0.05, 0) is 25.5 Å².